The SMILES string of the molecule is CN(CC(C)(C)C)C(=O)C1CC1N. The van der Waals surface area contributed by atoms with Crippen LogP contribution in [0.2, 0.25) is 0 Å². The van der Waals surface area contributed by atoms with E-state index in [0.717, 1.165) is 13.0 Å². The molecule has 0 aromatic rings. The molecule has 1 amide bonds. The number of amides is 1. The highest BCUT2D eigenvalue weighted by Gasteiger charge is 2.41. The first-order valence-corrected chi connectivity index (χ1v) is 4.82. The molecule has 1 aliphatic rings. The number of nitrogens with zero attached hydrogens (tertiary/aromatic N) is 1. The van der Waals surface area contributed by atoms with E-state index in [0.29, 0.717) is 0 Å². The van der Waals surface area contributed by atoms with Gasteiger partial charge in [0.25, 0.3) is 0 Å². The van der Waals surface area contributed by atoms with Gasteiger partial charge in [-0.15, -0.1) is 0 Å². The molecule has 0 heterocycles. The zero-order valence-corrected chi connectivity index (χ0v) is 9.00. The molecule has 3 heteroatoms. The van der Waals surface area contributed by atoms with Crippen molar-refractivity contribution in [3.05, 3.63) is 0 Å². The average molecular weight is 184 g/mol. The van der Waals surface area contributed by atoms with Crippen molar-refractivity contribution >= 4 is 5.91 Å². The fourth-order valence-corrected chi connectivity index (χ4v) is 1.57. The first-order chi connectivity index (χ1) is 5.81. The third-order valence-electron chi connectivity index (χ3n) is 2.24. The lowest BCUT2D eigenvalue weighted by atomic mass is 9.96. The molecular formula is C10H20N2O. The first-order valence-electron chi connectivity index (χ1n) is 4.82. The predicted octanol–water partition coefficient (Wildman–Crippen LogP) is 0.838. The molecule has 2 N–H and O–H groups in total. The Kier molecular flexibility index (Phi) is 2.66. The van der Waals surface area contributed by atoms with Crippen LogP contribution >= 0.6 is 0 Å². The van der Waals surface area contributed by atoms with Gasteiger partial charge >= 0.3 is 0 Å². The van der Waals surface area contributed by atoms with Crippen molar-refractivity contribution in [2.75, 3.05) is 13.6 Å². The van der Waals surface area contributed by atoms with Crippen LogP contribution in [0, 0.1) is 11.3 Å². The van der Waals surface area contributed by atoms with Gasteiger partial charge in [0.05, 0.1) is 5.92 Å². The van der Waals surface area contributed by atoms with Gasteiger partial charge in [0.1, 0.15) is 0 Å². The summed E-state index contributed by atoms with van der Waals surface area (Å²) in [5.74, 6) is 0.315. The summed E-state index contributed by atoms with van der Waals surface area (Å²) in [5.41, 5.74) is 5.79. The second-order valence-electron chi connectivity index (χ2n) is 5.26. The van der Waals surface area contributed by atoms with Crippen LogP contribution in [0.25, 0.3) is 0 Å². The Morgan fingerprint density at radius 2 is 2.00 bits per heavy atom. The molecule has 2 unspecified atom stereocenters. The van der Waals surface area contributed by atoms with Crippen molar-refractivity contribution in [1.82, 2.24) is 4.90 Å². The fraction of sp³-hybridized carbons (Fsp3) is 0.900. The number of carbonyl (C=O) groups excluding carboxylic acids is 1. The summed E-state index contributed by atoms with van der Waals surface area (Å²) >= 11 is 0. The quantitative estimate of drug-likeness (QED) is 0.691. The highest BCUT2D eigenvalue weighted by Crippen LogP contribution is 2.30. The van der Waals surface area contributed by atoms with Gasteiger partial charge in [-0.1, -0.05) is 20.8 Å². The number of carbonyl (C=O) groups is 1. The minimum Gasteiger partial charge on any atom is -0.345 e. The van der Waals surface area contributed by atoms with Crippen LogP contribution in [0.3, 0.4) is 0 Å². The first kappa shape index (κ1) is 10.5. The molecule has 0 saturated heterocycles. The van der Waals surface area contributed by atoms with Crippen molar-refractivity contribution in [2.24, 2.45) is 17.1 Å². The van der Waals surface area contributed by atoms with Crippen LogP contribution in [0.5, 0.6) is 0 Å². The van der Waals surface area contributed by atoms with Gasteiger partial charge in [-0.05, 0) is 11.8 Å². The van der Waals surface area contributed by atoms with Gasteiger partial charge < -0.3 is 10.6 Å². The van der Waals surface area contributed by atoms with Gasteiger partial charge in [0.15, 0.2) is 0 Å². The van der Waals surface area contributed by atoms with E-state index < -0.39 is 0 Å². The maximum absolute atomic E-state index is 11.6. The largest absolute Gasteiger partial charge is 0.345 e. The molecule has 0 radical (unpaired) electrons. The highest BCUT2D eigenvalue weighted by atomic mass is 16.2. The van der Waals surface area contributed by atoms with Crippen molar-refractivity contribution in [3.63, 3.8) is 0 Å². The maximum Gasteiger partial charge on any atom is 0.227 e. The molecule has 0 aromatic heterocycles. The van der Waals surface area contributed by atoms with Crippen molar-refractivity contribution in [3.8, 4) is 0 Å². The highest BCUT2D eigenvalue weighted by molar-refractivity contribution is 5.82. The minimum atomic E-state index is 0.104. The Balaban J connectivity index is 2.39. The third-order valence-corrected chi connectivity index (χ3v) is 2.24. The Bertz CT molecular complexity index is 207. The van der Waals surface area contributed by atoms with E-state index in [4.69, 9.17) is 5.73 Å². The predicted molar refractivity (Wildman–Crippen MR) is 53.2 cm³/mol. The van der Waals surface area contributed by atoms with E-state index in [1.165, 1.54) is 0 Å². The number of rotatable bonds is 2. The van der Waals surface area contributed by atoms with Gasteiger partial charge in [0.2, 0.25) is 5.91 Å². The fourth-order valence-electron chi connectivity index (χ4n) is 1.57. The average Bonchev–Trinajstić information content (AvgIpc) is 2.61. The van der Waals surface area contributed by atoms with E-state index in [2.05, 4.69) is 20.8 Å². The molecule has 0 spiro atoms. The van der Waals surface area contributed by atoms with Crippen LogP contribution < -0.4 is 5.73 Å². The molecule has 2 atom stereocenters. The summed E-state index contributed by atoms with van der Waals surface area (Å²) in [4.78, 5) is 13.4. The monoisotopic (exact) mass is 184 g/mol. The molecule has 1 aliphatic carbocycles. The third kappa shape index (κ3) is 2.99. The molecule has 3 nitrogen and oxygen atoms in total. The Labute approximate surface area is 80.3 Å². The zero-order chi connectivity index (χ0) is 10.2. The van der Waals surface area contributed by atoms with Crippen LogP contribution in [-0.4, -0.2) is 30.4 Å². The molecule has 0 aromatic carbocycles. The molecule has 1 saturated carbocycles. The van der Waals surface area contributed by atoms with Crippen molar-refractivity contribution < 1.29 is 4.79 Å². The van der Waals surface area contributed by atoms with Gasteiger partial charge in [0, 0.05) is 19.6 Å². The summed E-state index contributed by atoms with van der Waals surface area (Å²) in [7, 11) is 1.86. The summed E-state index contributed by atoms with van der Waals surface area (Å²) in [6, 6.07) is 0.120. The zero-order valence-electron chi connectivity index (χ0n) is 9.00. The van der Waals surface area contributed by atoms with Crippen LogP contribution in [0.4, 0.5) is 0 Å². The smallest absolute Gasteiger partial charge is 0.227 e. The lowest BCUT2D eigenvalue weighted by molar-refractivity contribution is -0.132. The number of hydrogen-bond donors (Lipinski definition) is 1. The van der Waals surface area contributed by atoms with Crippen LogP contribution in [-0.2, 0) is 4.79 Å². The number of nitrogens with two attached hydrogens (primary N) is 1. The van der Waals surface area contributed by atoms with E-state index in [1.807, 2.05) is 7.05 Å². The van der Waals surface area contributed by atoms with Gasteiger partial charge in [-0.25, -0.2) is 0 Å². The van der Waals surface area contributed by atoms with E-state index in [1.54, 1.807) is 4.90 Å². The second kappa shape index (κ2) is 3.29. The Hall–Kier alpha value is -0.570. The molecular weight excluding hydrogens is 164 g/mol. The molecule has 13 heavy (non-hydrogen) atoms. The minimum absolute atomic E-state index is 0.104. The van der Waals surface area contributed by atoms with Gasteiger partial charge in [-0.3, -0.25) is 4.79 Å². The van der Waals surface area contributed by atoms with Crippen LogP contribution in [0.1, 0.15) is 27.2 Å². The molecule has 76 valence electrons. The standard InChI is InChI=1S/C10H20N2O/c1-10(2,3)6-12(4)9(13)7-5-8(7)11/h7-8H,5-6,11H2,1-4H3. The van der Waals surface area contributed by atoms with Crippen molar-refractivity contribution in [1.29, 1.82) is 0 Å². The lowest BCUT2D eigenvalue weighted by Gasteiger charge is -2.26. The Morgan fingerprint density at radius 1 is 1.54 bits per heavy atom. The summed E-state index contributed by atoms with van der Waals surface area (Å²) in [6.45, 7) is 7.19. The molecule has 0 bridgehead atoms. The van der Waals surface area contributed by atoms with E-state index in [9.17, 15) is 4.79 Å². The molecule has 1 fully saturated rings. The molecule has 1 rings (SSSR count). The topological polar surface area (TPSA) is 46.3 Å². The van der Waals surface area contributed by atoms with Crippen LogP contribution in [0.15, 0.2) is 0 Å². The van der Waals surface area contributed by atoms with Crippen molar-refractivity contribution in [2.45, 2.75) is 33.2 Å². The maximum atomic E-state index is 11.6. The Morgan fingerprint density at radius 3 is 2.31 bits per heavy atom. The van der Waals surface area contributed by atoms with E-state index in [-0.39, 0.29) is 23.3 Å². The van der Waals surface area contributed by atoms with Gasteiger partial charge in [-0.2, -0.15) is 0 Å². The summed E-state index contributed by atoms with van der Waals surface area (Å²) < 4.78 is 0. The number of hydrogen-bond acceptors (Lipinski definition) is 2. The summed E-state index contributed by atoms with van der Waals surface area (Å²) in [5, 5.41) is 0. The normalized spacial score (nSPS) is 27.2. The second-order valence-corrected chi connectivity index (χ2v) is 5.26. The van der Waals surface area contributed by atoms with E-state index >= 15 is 0 Å². The molecule has 0 aliphatic heterocycles. The lowest BCUT2D eigenvalue weighted by Crippen LogP contribution is -2.36. The summed E-state index contributed by atoms with van der Waals surface area (Å²) in [6.07, 6.45) is 0.868.